The topological polar surface area (TPSA) is 29.9 Å². The molecular formula is C28H26F3N2O+. The second kappa shape index (κ2) is 7.55. The van der Waals surface area contributed by atoms with E-state index >= 15 is 0 Å². The van der Waals surface area contributed by atoms with Gasteiger partial charge in [0.15, 0.2) is 11.8 Å². The summed E-state index contributed by atoms with van der Waals surface area (Å²) < 4.78 is 89.1. The van der Waals surface area contributed by atoms with E-state index in [2.05, 4.69) is 4.98 Å². The number of halogens is 3. The van der Waals surface area contributed by atoms with Crippen LogP contribution in [-0.4, -0.2) is 11.2 Å². The highest BCUT2D eigenvalue weighted by Gasteiger charge is 2.47. The Morgan fingerprint density at radius 2 is 1.76 bits per heavy atom. The molecule has 0 amide bonds. The van der Waals surface area contributed by atoms with Crippen LogP contribution in [0.4, 0.5) is 13.2 Å². The zero-order valence-electron chi connectivity index (χ0n) is 24.1. The first-order valence-corrected chi connectivity index (χ1v) is 10.8. The number of rotatable bonds is 3. The van der Waals surface area contributed by atoms with Crippen molar-refractivity contribution < 1.29 is 29.0 Å². The molecule has 5 rings (SSSR count). The molecule has 0 atom stereocenters. The van der Waals surface area contributed by atoms with Crippen molar-refractivity contribution in [2.24, 2.45) is 12.5 Å². The fourth-order valence-electron chi connectivity index (χ4n) is 4.31. The number of aryl methyl sites for hydroxylation is 3. The van der Waals surface area contributed by atoms with E-state index in [-0.39, 0.29) is 17.0 Å². The lowest BCUT2D eigenvalue weighted by Gasteiger charge is -2.27. The summed E-state index contributed by atoms with van der Waals surface area (Å²) in [7, 11) is 1.83. The van der Waals surface area contributed by atoms with Crippen LogP contribution in [-0.2, 0) is 13.4 Å². The van der Waals surface area contributed by atoms with Crippen LogP contribution in [0.2, 0.25) is 0 Å². The number of pyridine rings is 2. The fraction of sp³-hybridized carbons (Fsp3) is 0.286. The van der Waals surface area contributed by atoms with Gasteiger partial charge in [0.05, 0.1) is 16.4 Å². The summed E-state index contributed by atoms with van der Waals surface area (Å²) in [5, 5.41) is 2.66. The van der Waals surface area contributed by atoms with Crippen LogP contribution < -0.4 is 4.57 Å². The number of aromatic nitrogens is 2. The molecule has 3 heterocycles. The molecule has 0 bridgehead atoms. The number of nitrogens with zero attached hydrogens (tertiary/aromatic N) is 2. The highest BCUT2D eigenvalue weighted by molar-refractivity contribution is 6.11. The van der Waals surface area contributed by atoms with Gasteiger partial charge < -0.3 is 4.42 Å². The molecule has 3 nitrogen and oxygen atoms in total. The maximum absolute atomic E-state index is 13.7. The van der Waals surface area contributed by atoms with Crippen molar-refractivity contribution in [2.45, 2.75) is 40.2 Å². The first-order chi connectivity index (χ1) is 17.9. The molecule has 0 unspecified atom stereocenters. The summed E-state index contributed by atoms with van der Waals surface area (Å²) >= 11 is 0. The van der Waals surface area contributed by atoms with Crippen molar-refractivity contribution in [1.29, 1.82) is 0 Å². The molecule has 0 radical (unpaired) electrons. The van der Waals surface area contributed by atoms with Gasteiger partial charge in [-0.3, -0.25) is 0 Å². The predicted molar refractivity (Wildman–Crippen MR) is 129 cm³/mol. The van der Waals surface area contributed by atoms with Crippen molar-refractivity contribution in [3.8, 4) is 11.3 Å². The summed E-state index contributed by atoms with van der Waals surface area (Å²) in [4.78, 5) is 4.24. The second-order valence-electron chi connectivity index (χ2n) is 9.11. The van der Waals surface area contributed by atoms with Crippen molar-refractivity contribution in [3.63, 3.8) is 0 Å². The van der Waals surface area contributed by atoms with E-state index in [4.69, 9.17) is 11.3 Å². The number of benzene rings is 2. The van der Waals surface area contributed by atoms with E-state index in [1.807, 2.05) is 30.7 Å². The Kier molecular flexibility index (Phi) is 3.80. The third-order valence-electron chi connectivity index (χ3n) is 6.25. The van der Waals surface area contributed by atoms with E-state index in [1.54, 1.807) is 24.4 Å². The van der Waals surface area contributed by atoms with Gasteiger partial charge in [-0.25, -0.2) is 9.55 Å². The van der Waals surface area contributed by atoms with Gasteiger partial charge in [-0.2, -0.15) is 13.2 Å². The molecule has 0 spiro atoms. The normalized spacial score (nSPS) is 15.8. The lowest BCUT2D eigenvalue weighted by molar-refractivity contribution is -0.659. The monoisotopic (exact) mass is 468 g/mol. The smallest absolute Gasteiger partial charge is 0.394 e. The lowest BCUT2D eigenvalue weighted by Crippen LogP contribution is -2.34. The Hall–Kier alpha value is -3.41. The fourth-order valence-corrected chi connectivity index (χ4v) is 4.31. The Labute approximate surface area is 202 Å². The van der Waals surface area contributed by atoms with E-state index in [9.17, 15) is 13.2 Å². The molecule has 3 aromatic heterocycles. The Balaban J connectivity index is 1.76. The SMILES string of the molecule is [2H]C([2H])([2H])c1ccc2c(n1)oc1c(-c3c4ccc(C([2H])([2H])C(C)(C)C(F)(F)F)cc4cc[n+]3C)c(C)ccc12. The van der Waals surface area contributed by atoms with E-state index in [0.29, 0.717) is 27.4 Å². The van der Waals surface area contributed by atoms with Crippen LogP contribution in [0.3, 0.4) is 0 Å². The standard InChI is InChI=1S/C28H26F3N2O/c1-16-6-9-21-22-10-7-17(2)32-26(22)34-25(21)23(16)24-20-11-8-18(14-19(20)12-13-33(24)5)15-27(3,4)28(29,30)31/h6-14H,15H2,1-5H3/q+1/i2D3,15D2. The van der Waals surface area contributed by atoms with Crippen LogP contribution in [0.5, 0.6) is 0 Å². The zero-order valence-corrected chi connectivity index (χ0v) is 19.1. The molecule has 2 aromatic carbocycles. The van der Waals surface area contributed by atoms with Crippen molar-refractivity contribution >= 4 is 32.8 Å². The molecule has 174 valence electrons. The van der Waals surface area contributed by atoms with Crippen LogP contribution in [0.1, 0.15) is 37.5 Å². The van der Waals surface area contributed by atoms with Gasteiger partial charge in [-0.1, -0.05) is 38.1 Å². The predicted octanol–water partition coefficient (Wildman–Crippen LogP) is 7.37. The highest BCUT2D eigenvalue weighted by Crippen LogP contribution is 2.42. The number of hydrogen-bond donors (Lipinski definition) is 0. The van der Waals surface area contributed by atoms with Gasteiger partial charge in [0, 0.05) is 29.4 Å². The number of furan rings is 1. The minimum atomic E-state index is -4.75. The maximum Gasteiger partial charge on any atom is 0.394 e. The van der Waals surface area contributed by atoms with Crippen LogP contribution in [0.25, 0.3) is 44.1 Å². The summed E-state index contributed by atoms with van der Waals surface area (Å²) in [5.41, 5.74) is 0.224. The third kappa shape index (κ3) is 3.52. The van der Waals surface area contributed by atoms with E-state index < -0.39 is 24.8 Å². The van der Waals surface area contributed by atoms with Crippen molar-refractivity contribution in [2.75, 3.05) is 0 Å². The molecule has 0 aliphatic heterocycles. The van der Waals surface area contributed by atoms with Gasteiger partial charge >= 0.3 is 6.18 Å². The van der Waals surface area contributed by atoms with Gasteiger partial charge in [0.2, 0.25) is 11.4 Å². The second-order valence-corrected chi connectivity index (χ2v) is 9.11. The minimum absolute atomic E-state index is 0.0720. The largest absolute Gasteiger partial charge is 0.437 e. The number of fused-ring (bicyclic) bond motifs is 4. The number of alkyl halides is 3. The lowest BCUT2D eigenvalue weighted by atomic mass is 9.84. The van der Waals surface area contributed by atoms with Gasteiger partial charge in [0.1, 0.15) is 7.05 Å². The van der Waals surface area contributed by atoms with Gasteiger partial charge in [0.25, 0.3) is 0 Å². The summed E-state index contributed by atoms with van der Waals surface area (Å²) in [6.07, 6.45) is -5.67. The zero-order chi connectivity index (χ0) is 28.7. The molecule has 0 fully saturated rings. The van der Waals surface area contributed by atoms with Crippen LogP contribution >= 0.6 is 0 Å². The Morgan fingerprint density at radius 3 is 2.50 bits per heavy atom. The average Bonchev–Trinajstić information content (AvgIpc) is 3.21. The van der Waals surface area contributed by atoms with Crippen molar-refractivity contribution in [1.82, 2.24) is 4.98 Å². The first-order valence-electron chi connectivity index (χ1n) is 13.3. The summed E-state index contributed by atoms with van der Waals surface area (Å²) in [6.45, 7) is 1.24. The molecule has 0 saturated carbocycles. The van der Waals surface area contributed by atoms with Crippen LogP contribution in [0.15, 0.2) is 59.1 Å². The third-order valence-corrected chi connectivity index (χ3v) is 6.25. The van der Waals surface area contributed by atoms with E-state index in [1.165, 1.54) is 18.2 Å². The van der Waals surface area contributed by atoms with Gasteiger partial charge in [-0.15, -0.1) is 0 Å². The molecule has 0 aliphatic carbocycles. The Bertz CT molecular complexity index is 1770. The highest BCUT2D eigenvalue weighted by atomic mass is 19.4. The molecule has 0 saturated heterocycles. The van der Waals surface area contributed by atoms with Crippen LogP contribution in [0, 0.1) is 19.2 Å². The average molecular weight is 469 g/mol. The Morgan fingerprint density at radius 1 is 1.03 bits per heavy atom. The molecule has 6 heteroatoms. The van der Waals surface area contributed by atoms with Gasteiger partial charge in [-0.05, 0) is 54.9 Å². The summed E-state index contributed by atoms with van der Waals surface area (Å²) in [6, 6.07) is 13.2. The molecule has 0 aliphatic rings. The molecule has 34 heavy (non-hydrogen) atoms. The molecule has 0 N–H and O–H groups in total. The quantitative estimate of drug-likeness (QED) is 0.259. The molecule has 5 aromatic rings. The first kappa shape index (κ1) is 17.1. The summed E-state index contributed by atoms with van der Waals surface area (Å²) in [5.74, 6) is 0. The van der Waals surface area contributed by atoms with E-state index in [0.717, 1.165) is 30.4 Å². The maximum atomic E-state index is 13.7. The van der Waals surface area contributed by atoms with Crippen molar-refractivity contribution in [3.05, 3.63) is 71.5 Å². The number of hydrogen-bond acceptors (Lipinski definition) is 2. The minimum Gasteiger partial charge on any atom is -0.437 e. The molecular weight excluding hydrogens is 437 g/mol.